The zero-order valence-corrected chi connectivity index (χ0v) is 13.1. The van der Waals surface area contributed by atoms with Crippen LogP contribution in [-0.4, -0.2) is 4.98 Å². The van der Waals surface area contributed by atoms with Gasteiger partial charge in [-0.15, -0.1) is 0 Å². The molecule has 1 aromatic heterocycles. The summed E-state index contributed by atoms with van der Waals surface area (Å²) in [5.41, 5.74) is 5.09. The first kappa shape index (κ1) is 14.8. The molecule has 0 fully saturated rings. The van der Waals surface area contributed by atoms with Crippen molar-refractivity contribution in [2.45, 2.75) is 40.5 Å². The third-order valence-electron chi connectivity index (χ3n) is 3.33. The van der Waals surface area contributed by atoms with E-state index in [1.807, 2.05) is 6.20 Å². The fourth-order valence-electron chi connectivity index (χ4n) is 2.56. The first-order chi connectivity index (χ1) is 9.54. The number of hydrogen-bond acceptors (Lipinski definition) is 1. The van der Waals surface area contributed by atoms with Crippen molar-refractivity contribution < 1.29 is 0 Å². The molecule has 0 unspecified atom stereocenters. The van der Waals surface area contributed by atoms with Crippen molar-refractivity contribution >= 4 is 0 Å². The van der Waals surface area contributed by atoms with E-state index in [1.54, 1.807) is 0 Å². The average Bonchev–Trinajstić information content (AvgIpc) is 2.38. The van der Waals surface area contributed by atoms with E-state index in [-0.39, 0.29) is 0 Å². The Balaban J connectivity index is 2.26. The third kappa shape index (κ3) is 4.19. The van der Waals surface area contributed by atoms with E-state index in [0.29, 0.717) is 11.8 Å². The Morgan fingerprint density at radius 1 is 0.850 bits per heavy atom. The molecule has 0 bridgehead atoms. The molecule has 106 valence electrons. The normalized spacial score (nSPS) is 11.3. The number of benzene rings is 1. The average molecular weight is 267 g/mol. The maximum absolute atomic E-state index is 4.54. The summed E-state index contributed by atoms with van der Waals surface area (Å²) in [4.78, 5) is 4.54. The van der Waals surface area contributed by atoms with Crippen molar-refractivity contribution in [2.24, 2.45) is 11.8 Å². The first-order valence-electron chi connectivity index (χ1n) is 7.59. The minimum absolute atomic E-state index is 0.678. The molecule has 0 aliphatic carbocycles. The number of aromatic nitrogens is 1. The van der Waals surface area contributed by atoms with Gasteiger partial charge >= 0.3 is 0 Å². The second kappa shape index (κ2) is 6.69. The van der Waals surface area contributed by atoms with Gasteiger partial charge in [0.25, 0.3) is 0 Å². The van der Waals surface area contributed by atoms with Gasteiger partial charge in [-0.2, -0.15) is 0 Å². The molecule has 0 saturated heterocycles. The summed E-state index contributed by atoms with van der Waals surface area (Å²) in [5, 5.41) is 0. The second-order valence-electron chi connectivity index (χ2n) is 6.45. The highest BCUT2D eigenvalue weighted by molar-refractivity contribution is 5.60. The Morgan fingerprint density at radius 3 is 2.15 bits per heavy atom. The van der Waals surface area contributed by atoms with Gasteiger partial charge in [0.2, 0.25) is 0 Å². The molecule has 0 N–H and O–H groups in total. The SMILES string of the molecule is CC(C)Cc1cccc(-c2cc(CC(C)C)ccn2)c1. The smallest absolute Gasteiger partial charge is 0.0704 e. The van der Waals surface area contributed by atoms with Gasteiger partial charge in [0.1, 0.15) is 0 Å². The zero-order valence-electron chi connectivity index (χ0n) is 13.1. The fraction of sp³-hybridized carbons (Fsp3) is 0.421. The molecule has 1 nitrogen and oxygen atoms in total. The molecular weight excluding hydrogens is 242 g/mol. The van der Waals surface area contributed by atoms with Crippen LogP contribution in [0.2, 0.25) is 0 Å². The Bertz CT molecular complexity index is 504. The van der Waals surface area contributed by atoms with Crippen LogP contribution in [0, 0.1) is 11.8 Å². The van der Waals surface area contributed by atoms with Gasteiger partial charge in [-0.05, 0) is 54.0 Å². The van der Waals surface area contributed by atoms with Crippen LogP contribution >= 0.6 is 0 Å². The van der Waals surface area contributed by atoms with Crippen LogP contribution in [0.1, 0.15) is 38.8 Å². The van der Waals surface area contributed by atoms with E-state index >= 15 is 0 Å². The van der Waals surface area contributed by atoms with Crippen LogP contribution in [0.5, 0.6) is 0 Å². The highest BCUT2D eigenvalue weighted by Gasteiger charge is 2.05. The van der Waals surface area contributed by atoms with Gasteiger partial charge in [0, 0.05) is 11.8 Å². The van der Waals surface area contributed by atoms with Crippen molar-refractivity contribution in [2.75, 3.05) is 0 Å². The zero-order chi connectivity index (χ0) is 14.5. The van der Waals surface area contributed by atoms with Gasteiger partial charge in [0.15, 0.2) is 0 Å². The third-order valence-corrected chi connectivity index (χ3v) is 3.33. The lowest BCUT2D eigenvalue weighted by molar-refractivity contribution is 0.646. The van der Waals surface area contributed by atoms with E-state index in [4.69, 9.17) is 0 Å². The lowest BCUT2D eigenvalue weighted by Crippen LogP contribution is -1.96. The van der Waals surface area contributed by atoms with E-state index in [2.05, 4.69) is 69.1 Å². The Kier molecular flexibility index (Phi) is 4.94. The second-order valence-corrected chi connectivity index (χ2v) is 6.45. The number of hydrogen-bond donors (Lipinski definition) is 0. The van der Waals surface area contributed by atoms with Crippen LogP contribution in [0.25, 0.3) is 11.3 Å². The van der Waals surface area contributed by atoms with Crippen LogP contribution in [0.3, 0.4) is 0 Å². The molecule has 0 aliphatic heterocycles. The van der Waals surface area contributed by atoms with Gasteiger partial charge in [-0.1, -0.05) is 45.9 Å². The van der Waals surface area contributed by atoms with Crippen LogP contribution < -0.4 is 0 Å². The molecule has 0 amide bonds. The molecule has 0 spiro atoms. The maximum Gasteiger partial charge on any atom is 0.0704 e. The largest absolute Gasteiger partial charge is 0.256 e. The molecule has 0 saturated carbocycles. The molecule has 20 heavy (non-hydrogen) atoms. The number of nitrogens with zero attached hydrogens (tertiary/aromatic N) is 1. The fourth-order valence-corrected chi connectivity index (χ4v) is 2.56. The van der Waals surface area contributed by atoms with E-state index in [1.165, 1.54) is 16.7 Å². The van der Waals surface area contributed by atoms with Gasteiger partial charge in [0.05, 0.1) is 5.69 Å². The predicted molar refractivity (Wildman–Crippen MR) is 86.8 cm³/mol. The first-order valence-corrected chi connectivity index (χ1v) is 7.59. The molecule has 0 radical (unpaired) electrons. The standard InChI is InChI=1S/C19H25N/c1-14(2)10-16-6-5-7-18(12-16)19-13-17(8-9-20-19)11-15(3)4/h5-9,12-15H,10-11H2,1-4H3. The molecule has 0 aliphatic rings. The van der Waals surface area contributed by atoms with Crippen molar-refractivity contribution in [1.29, 1.82) is 0 Å². The predicted octanol–water partition coefficient (Wildman–Crippen LogP) is 5.15. The monoisotopic (exact) mass is 267 g/mol. The van der Waals surface area contributed by atoms with E-state index < -0.39 is 0 Å². The lowest BCUT2D eigenvalue weighted by atomic mass is 9.98. The Hall–Kier alpha value is -1.63. The molecular formula is C19H25N. The van der Waals surface area contributed by atoms with Crippen molar-refractivity contribution in [3.05, 3.63) is 53.7 Å². The van der Waals surface area contributed by atoms with Gasteiger partial charge in [-0.25, -0.2) is 0 Å². The quantitative estimate of drug-likeness (QED) is 0.730. The Labute approximate surface area is 123 Å². The molecule has 1 aromatic carbocycles. The molecule has 2 rings (SSSR count). The van der Waals surface area contributed by atoms with Gasteiger partial charge < -0.3 is 0 Å². The minimum atomic E-state index is 0.678. The summed E-state index contributed by atoms with van der Waals surface area (Å²) in [6.07, 6.45) is 4.17. The molecule has 0 atom stereocenters. The van der Waals surface area contributed by atoms with Crippen LogP contribution in [0.4, 0.5) is 0 Å². The number of rotatable bonds is 5. The van der Waals surface area contributed by atoms with Crippen molar-refractivity contribution in [3.63, 3.8) is 0 Å². The van der Waals surface area contributed by atoms with E-state index in [9.17, 15) is 0 Å². The summed E-state index contributed by atoms with van der Waals surface area (Å²) in [6, 6.07) is 13.1. The summed E-state index contributed by atoms with van der Waals surface area (Å²) < 4.78 is 0. The summed E-state index contributed by atoms with van der Waals surface area (Å²) in [7, 11) is 0. The molecule has 2 aromatic rings. The lowest BCUT2D eigenvalue weighted by Gasteiger charge is -2.09. The highest BCUT2D eigenvalue weighted by Crippen LogP contribution is 2.21. The molecule has 1 heterocycles. The number of pyridine rings is 1. The summed E-state index contributed by atoms with van der Waals surface area (Å²) in [6.45, 7) is 9.02. The Morgan fingerprint density at radius 2 is 1.50 bits per heavy atom. The highest BCUT2D eigenvalue weighted by atomic mass is 14.7. The molecule has 1 heteroatoms. The topological polar surface area (TPSA) is 12.9 Å². The maximum atomic E-state index is 4.54. The van der Waals surface area contributed by atoms with Crippen molar-refractivity contribution in [3.8, 4) is 11.3 Å². The van der Waals surface area contributed by atoms with Crippen molar-refractivity contribution in [1.82, 2.24) is 4.98 Å². The van der Waals surface area contributed by atoms with Crippen LogP contribution in [-0.2, 0) is 12.8 Å². The summed E-state index contributed by atoms with van der Waals surface area (Å²) >= 11 is 0. The summed E-state index contributed by atoms with van der Waals surface area (Å²) in [5.74, 6) is 1.36. The van der Waals surface area contributed by atoms with E-state index in [0.717, 1.165) is 18.5 Å². The van der Waals surface area contributed by atoms with Crippen LogP contribution in [0.15, 0.2) is 42.6 Å². The van der Waals surface area contributed by atoms with Gasteiger partial charge in [-0.3, -0.25) is 4.98 Å². The minimum Gasteiger partial charge on any atom is -0.256 e.